The van der Waals surface area contributed by atoms with Gasteiger partial charge < -0.3 is 10.8 Å². The number of rotatable bonds is 4. The molecule has 1 saturated carbocycles. The molecule has 1 heterocycles. The molecule has 3 rings (SSSR count). The predicted octanol–water partition coefficient (Wildman–Crippen LogP) is 4.18. The Hall–Kier alpha value is -2.69. The van der Waals surface area contributed by atoms with Crippen molar-refractivity contribution in [3.63, 3.8) is 0 Å². The van der Waals surface area contributed by atoms with Crippen molar-refractivity contribution in [1.82, 2.24) is 4.98 Å². The van der Waals surface area contributed by atoms with E-state index >= 15 is 0 Å². The number of hydrogen-bond acceptors (Lipinski definition) is 4. The van der Waals surface area contributed by atoms with Crippen molar-refractivity contribution in [3.05, 3.63) is 47.8 Å². The van der Waals surface area contributed by atoms with E-state index in [1.54, 1.807) is 24.3 Å². The summed E-state index contributed by atoms with van der Waals surface area (Å²) in [5, 5.41) is 9.48. The monoisotopic (exact) mass is 338 g/mol. The number of carbonyl (C=O) groups is 2. The summed E-state index contributed by atoms with van der Waals surface area (Å²) in [6.07, 6.45) is 6.17. The summed E-state index contributed by atoms with van der Waals surface area (Å²) in [6, 6.07) is 8.99. The van der Waals surface area contributed by atoms with E-state index in [4.69, 9.17) is 5.73 Å². The van der Waals surface area contributed by atoms with Crippen LogP contribution in [0.15, 0.2) is 36.5 Å². The summed E-state index contributed by atoms with van der Waals surface area (Å²) in [7, 11) is 0. The normalized spacial score (nSPS) is 16.4. The number of nitrogens with two attached hydrogens (primary N) is 1. The number of carboxylic acid groups (broad SMARTS) is 1. The number of hydrogen-bond donors (Lipinski definition) is 2. The number of aromatic carboxylic acids is 1. The summed E-state index contributed by atoms with van der Waals surface area (Å²) < 4.78 is 0. The molecule has 3 N–H and O–H groups in total. The predicted molar refractivity (Wildman–Crippen MR) is 96.6 cm³/mol. The molecule has 0 spiro atoms. The first-order valence-corrected chi connectivity index (χ1v) is 8.56. The second kappa shape index (κ2) is 6.67. The van der Waals surface area contributed by atoms with E-state index < -0.39 is 11.4 Å². The Balaban J connectivity index is 2.14. The van der Waals surface area contributed by atoms with E-state index in [0.717, 1.165) is 32.1 Å². The molecular weight excluding hydrogens is 316 g/mol. The molecular formula is C20H22N2O3. The molecule has 1 aromatic heterocycles. The van der Waals surface area contributed by atoms with Gasteiger partial charge in [0, 0.05) is 17.2 Å². The number of aromatic nitrogens is 1. The molecule has 0 amide bonds. The molecule has 0 saturated heterocycles. The molecule has 5 heteroatoms. The van der Waals surface area contributed by atoms with Crippen molar-refractivity contribution in [2.45, 2.75) is 39.0 Å². The fraction of sp³-hybridized carbons (Fsp3) is 0.350. The molecule has 1 fully saturated rings. The standard InChI is InChI=1S/C20H22N2O3/c1-20(10-6-3-7-11-20)18(23)14-12-22-17(19(24)25)15(16(14)21)13-8-4-2-5-9-13/h2,4-5,8-9,12H,3,6-7,10-11H2,1H3,(H2,21,22)(H,24,25). The van der Waals surface area contributed by atoms with Crippen LogP contribution in [-0.4, -0.2) is 21.8 Å². The lowest BCUT2D eigenvalue weighted by Crippen LogP contribution is -2.31. The first-order valence-electron chi connectivity index (χ1n) is 8.56. The van der Waals surface area contributed by atoms with E-state index in [9.17, 15) is 14.7 Å². The van der Waals surface area contributed by atoms with Gasteiger partial charge >= 0.3 is 5.97 Å². The van der Waals surface area contributed by atoms with Crippen LogP contribution in [0.5, 0.6) is 0 Å². The molecule has 0 radical (unpaired) electrons. The first kappa shape index (κ1) is 17.1. The van der Waals surface area contributed by atoms with Gasteiger partial charge in [-0.3, -0.25) is 4.79 Å². The van der Waals surface area contributed by atoms with Crippen LogP contribution in [0, 0.1) is 5.41 Å². The number of pyridine rings is 1. The van der Waals surface area contributed by atoms with Crippen LogP contribution >= 0.6 is 0 Å². The fourth-order valence-electron chi connectivity index (χ4n) is 3.65. The summed E-state index contributed by atoms with van der Waals surface area (Å²) in [5.74, 6) is -1.19. The Morgan fingerprint density at radius 3 is 2.36 bits per heavy atom. The van der Waals surface area contributed by atoms with Crippen LogP contribution in [0.1, 0.15) is 59.9 Å². The van der Waals surface area contributed by atoms with Crippen LogP contribution in [0.3, 0.4) is 0 Å². The van der Waals surface area contributed by atoms with Crippen LogP contribution in [-0.2, 0) is 0 Å². The Kier molecular flexibility index (Phi) is 4.57. The molecule has 25 heavy (non-hydrogen) atoms. The van der Waals surface area contributed by atoms with Crippen molar-refractivity contribution >= 4 is 17.4 Å². The van der Waals surface area contributed by atoms with Gasteiger partial charge in [0.15, 0.2) is 11.5 Å². The third-order valence-electron chi connectivity index (χ3n) is 5.13. The van der Waals surface area contributed by atoms with E-state index in [1.807, 2.05) is 13.0 Å². The van der Waals surface area contributed by atoms with E-state index in [1.165, 1.54) is 6.20 Å². The topological polar surface area (TPSA) is 93.3 Å². The van der Waals surface area contributed by atoms with Gasteiger partial charge in [0.25, 0.3) is 0 Å². The van der Waals surface area contributed by atoms with Gasteiger partial charge in [-0.1, -0.05) is 56.5 Å². The van der Waals surface area contributed by atoms with E-state index in [-0.39, 0.29) is 17.2 Å². The average molecular weight is 338 g/mol. The summed E-state index contributed by atoms with van der Waals surface area (Å²) >= 11 is 0. The lowest BCUT2D eigenvalue weighted by Gasteiger charge is -2.32. The highest BCUT2D eigenvalue weighted by Crippen LogP contribution is 2.41. The minimum absolute atomic E-state index is 0.0358. The van der Waals surface area contributed by atoms with Crippen LogP contribution in [0.2, 0.25) is 0 Å². The fourth-order valence-corrected chi connectivity index (χ4v) is 3.65. The highest BCUT2D eigenvalue weighted by molar-refractivity contribution is 6.09. The lowest BCUT2D eigenvalue weighted by atomic mass is 9.71. The number of ketones is 1. The summed E-state index contributed by atoms with van der Waals surface area (Å²) in [6.45, 7) is 1.97. The highest BCUT2D eigenvalue weighted by Gasteiger charge is 2.37. The summed E-state index contributed by atoms with van der Waals surface area (Å²) in [4.78, 5) is 28.8. The molecule has 130 valence electrons. The number of anilines is 1. The smallest absolute Gasteiger partial charge is 0.355 e. The number of carbonyl (C=O) groups excluding carboxylic acids is 1. The molecule has 5 nitrogen and oxygen atoms in total. The van der Waals surface area contributed by atoms with Gasteiger partial charge in [-0.15, -0.1) is 0 Å². The molecule has 0 atom stereocenters. The zero-order valence-electron chi connectivity index (χ0n) is 14.3. The number of nitrogens with zero attached hydrogens (tertiary/aromatic N) is 1. The second-order valence-electron chi connectivity index (χ2n) is 6.93. The molecule has 1 aliphatic carbocycles. The molecule has 1 aromatic carbocycles. The van der Waals surface area contributed by atoms with Crippen molar-refractivity contribution in [2.24, 2.45) is 5.41 Å². The minimum Gasteiger partial charge on any atom is -0.476 e. The maximum Gasteiger partial charge on any atom is 0.355 e. The molecule has 0 aliphatic heterocycles. The molecule has 1 aliphatic rings. The Morgan fingerprint density at radius 1 is 1.12 bits per heavy atom. The van der Waals surface area contributed by atoms with Crippen LogP contribution in [0.4, 0.5) is 5.69 Å². The van der Waals surface area contributed by atoms with Crippen molar-refractivity contribution < 1.29 is 14.7 Å². The Labute approximate surface area is 146 Å². The maximum atomic E-state index is 13.1. The van der Waals surface area contributed by atoms with Crippen molar-refractivity contribution in [2.75, 3.05) is 5.73 Å². The Morgan fingerprint density at radius 2 is 1.76 bits per heavy atom. The molecule has 0 bridgehead atoms. The van der Waals surface area contributed by atoms with Crippen molar-refractivity contribution in [3.8, 4) is 11.1 Å². The lowest BCUT2D eigenvalue weighted by molar-refractivity contribution is 0.0688. The highest BCUT2D eigenvalue weighted by atomic mass is 16.4. The number of benzene rings is 1. The van der Waals surface area contributed by atoms with Gasteiger partial charge in [-0.25, -0.2) is 9.78 Å². The van der Waals surface area contributed by atoms with Gasteiger partial charge in [-0.2, -0.15) is 0 Å². The first-order chi connectivity index (χ1) is 11.9. The third kappa shape index (κ3) is 3.14. The van der Waals surface area contributed by atoms with Gasteiger partial charge in [0.1, 0.15) is 0 Å². The third-order valence-corrected chi connectivity index (χ3v) is 5.13. The number of nitrogen functional groups attached to an aromatic ring is 1. The quantitative estimate of drug-likeness (QED) is 0.816. The van der Waals surface area contributed by atoms with Gasteiger partial charge in [-0.05, 0) is 18.4 Å². The van der Waals surface area contributed by atoms with Crippen LogP contribution < -0.4 is 5.73 Å². The average Bonchev–Trinajstić information content (AvgIpc) is 2.62. The number of carboxylic acids is 1. The zero-order chi connectivity index (χ0) is 18.0. The van der Waals surface area contributed by atoms with E-state index in [2.05, 4.69) is 4.98 Å². The largest absolute Gasteiger partial charge is 0.476 e. The summed E-state index contributed by atoms with van der Waals surface area (Å²) in [5.41, 5.74) is 7.21. The molecule has 0 unspecified atom stereocenters. The Bertz CT molecular complexity index is 809. The second-order valence-corrected chi connectivity index (χ2v) is 6.93. The van der Waals surface area contributed by atoms with Gasteiger partial charge in [0.2, 0.25) is 0 Å². The van der Waals surface area contributed by atoms with E-state index in [0.29, 0.717) is 16.7 Å². The minimum atomic E-state index is -1.16. The maximum absolute atomic E-state index is 13.1. The number of Topliss-reactive ketones (excluding diaryl/α,β-unsaturated/α-hetero) is 1. The molecule has 2 aromatic rings. The SMILES string of the molecule is CC1(C(=O)c2cnc(C(=O)O)c(-c3ccccc3)c2N)CCCCC1. The van der Waals surface area contributed by atoms with Gasteiger partial charge in [0.05, 0.1) is 11.3 Å². The van der Waals surface area contributed by atoms with Crippen LogP contribution in [0.25, 0.3) is 11.1 Å². The van der Waals surface area contributed by atoms with Crippen molar-refractivity contribution in [1.29, 1.82) is 0 Å². The zero-order valence-corrected chi connectivity index (χ0v) is 14.3.